The molecule has 2 saturated heterocycles. The first-order chi connectivity index (χ1) is 16.8. The fraction of sp³-hybridized carbons (Fsp3) is 0.800. The second-order valence-corrected chi connectivity index (χ2v) is 13.9. The fourth-order valence-corrected chi connectivity index (χ4v) is 11.0. The topological polar surface area (TPSA) is 93.1 Å². The predicted molar refractivity (Wildman–Crippen MR) is 131 cm³/mol. The van der Waals surface area contributed by atoms with Gasteiger partial charge in [0.15, 0.2) is 0 Å². The van der Waals surface area contributed by atoms with E-state index in [-0.39, 0.29) is 77.4 Å². The Kier molecular flexibility index (Phi) is 4.46. The predicted octanol–water partition coefficient (Wildman–Crippen LogP) is 3.80. The van der Waals surface area contributed by atoms with Crippen molar-refractivity contribution in [3.63, 3.8) is 0 Å². The summed E-state index contributed by atoms with van der Waals surface area (Å²) in [6.45, 7) is 12.2. The molecule has 0 radical (unpaired) electrons. The van der Waals surface area contributed by atoms with Gasteiger partial charge in [0.1, 0.15) is 12.2 Å². The number of carbonyl (C=O) groups is 2. The molecule has 0 aromatic heterocycles. The molecule has 5 fully saturated rings. The van der Waals surface area contributed by atoms with E-state index in [2.05, 4.69) is 19.9 Å². The number of hydrogen-bond donors (Lipinski definition) is 2. The zero-order valence-corrected chi connectivity index (χ0v) is 22.3. The molecule has 2 N–H and O–H groups in total. The van der Waals surface area contributed by atoms with Gasteiger partial charge in [0.05, 0.1) is 23.0 Å². The summed E-state index contributed by atoms with van der Waals surface area (Å²) in [5, 5.41) is 24.1. The minimum atomic E-state index is -0.931. The zero-order chi connectivity index (χ0) is 25.7. The highest BCUT2D eigenvalue weighted by molar-refractivity contribution is 5.76. The van der Waals surface area contributed by atoms with Crippen molar-refractivity contribution in [2.45, 2.75) is 90.6 Å². The van der Waals surface area contributed by atoms with Gasteiger partial charge in [0.2, 0.25) is 0 Å². The minimum Gasteiger partial charge on any atom is -0.461 e. The van der Waals surface area contributed by atoms with Crippen LogP contribution in [0.4, 0.5) is 0 Å². The molecule has 0 unspecified atom stereocenters. The number of carbonyl (C=O) groups excluding carboxylic acids is 2. The molecular formula is C30H40O6. The lowest BCUT2D eigenvalue weighted by Gasteiger charge is -2.47. The SMILES string of the molecule is CC1=C[C@H]2[C@H]3[C@H](C(C)=C4[C@H]5OC(=O)[C@@H](C)[C@@H]5CC[C@](C)(O)[C@@H]43)[C@@]13[C@@H]2[C@@](C)(O)CC[C@H]1[C@H](C)C(=O)O[C@@H]13. The first kappa shape index (κ1) is 23.5. The van der Waals surface area contributed by atoms with E-state index in [1.165, 1.54) is 11.1 Å². The number of fused-ring (bicyclic) bond motifs is 7. The van der Waals surface area contributed by atoms with Gasteiger partial charge in [-0.15, -0.1) is 0 Å². The number of hydrogen-bond acceptors (Lipinski definition) is 6. The van der Waals surface area contributed by atoms with Crippen molar-refractivity contribution in [1.29, 1.82) is 0 Å². The van der Waals surface area contributed by atoms with E-state index < -0.39 is 16.6 Å². The average molecular weight is 497 g/mol. The highest BCUT2D eigenvalue weighted by Crippen LogP contribution is 2.78. The Labute approximate surface area is 213 Å². The minimum absolute atomic E-state index is 0.0486. The molecule has 14 atom stereocenters. The Morgan fingerprint density at radius 1 is 0.889 bits per heavy atom. The summed E-state index contributed by atoms with van der Waals surface area (Å²) >= 11 is 0. The Bertz CT molecular complexity index is 1130. The van der Waals surface area contributed by atoms with Gasteiger partial charge >= 0.3 is 11.9 Å². The second-order valence-electron chi connectivity index (χ2n) is 13.9. The third kappa shape index (κ3) is 2.43. The van der Waals surface area contributed by atoms with Crippen molar-refractivity contribution in [1.82, 2.24) is 0 Å². The highest BCUT2D eigenvalue weighted by atomic mass is 16.6. The summed E-state index contributed by atoms with van der Waals surface area (Å²) in [5.74, 6) is -0.460. The van der Waals surface area contributed by atoms with Gasteiger partial charge in [0, 0.05) is 29.1 Å². The van der Waals surface area contributed by atoms with Crippen LogP contribution in [0.5, 0.6) is 0 Å². The van der Waals surface area contributed by atoms with Crippen LogP contribution in [0.15, 0.2) is 22.8 Å². The van der Waals surface area contributed by atoms with Crippen LogP contribution in [0.1, 0.15) is 67.2 Å². The molecule has 6 heteroatoms. The van der Waals surface area contributed by atoms with Gasteiger partial charge < -0.3 is 19.7 Å². The Balaban J connectivity index is 1.47. The Hall–Kier alpha value is -1.66. The first-order valence-electron chi connectivity index (χ1n) is 14.1. The molecule has 0 aromatic rings. The van der Waals surface area contributed by atoms with Gasteiger partial charge in [0.25, 0.3) is 0 Å². The number of ether oxygens (including phenoxy) is 2. The summed E-state index contributed by atoms with van der Waals surface area (Å²) in [7, 11) is 0. The van der Waals surface area contributed by atoms with Crippen LogP contribution in [0.25, 0.3) is 0 Å². The quantitative estimate of drug-likeness (QED) is 0.391. The molecule has 7 aliphatic rings. The van der Waals surface area contributed by atoms with Gasteiger partial charge in [-0.1, -0.05) is 31.1 Å². The van der Waals surface area contributed by atoms with Crippen molar-refractivity contribution in [2.24, 2.45) is 58.7 Å². The molecule has 2 heterocycles. The molecule has 0 spiro atoms. The van der Waals surface area contributed by atoms with Crippen molar-refractivity contribution in [3.05, 3.63) is 22.8 Å². The van der Waals surface area contributed by atoms with E-state index in [0.717, 1.165) is 18.4 Å². The number of rotatable bonds is 0. The van der Waals surface area contributed by atoms with Crippen molar-refractivity contribution < 1.29 is 29.3 Å². The van der Waals surface area contributed by atoms with Crippen LogP contribution in [-0.2, 0) is 19.1 Å². The average Bonchev–Trinajstić information content (AvgIpc) is 3.49. The van der Waals surface area contributed by atoms with Crippen LogP contribution in [0, 0.1) is 58.7 Å². The van der Waals surface area contributed by atoms with Crippen LogP contribution in [-0.4, -0.2) is 45.6 Å². The van der Waals surface area contributed by atoms with E-state index in [1.54, 1.807) is 0 Å². The van der Waals surface area contributed by atoms with Crippen LogP contribution in [0.2, 0.25) is 0 Å². The lowest BCUT2D eigenvalue weighted by molar-refractivity contribution is -0.153. The second kappa shape index (κ2) is 6.85. The summed E-state index contributed by atoms with van der Waals surface area (Å²) in [5.41, 5.74) is 1.23. The van der Waals surface area contributed by atoms with E-state index in [0.29, 0.717) is 12.8 Å². The summed E-state index contributed by atoms with van der Waals surface area (Å²) in [6, 6.07) is 0. The molecule has 5 aliphatic carbocycles. The number of aliphatic hydroxyl groups is 2. The van der Waals surface area contributed by atoms with Gasteiger partial charge in [-0.2, -0.15) is 0 Å². The third-order valence-electron chi connectivity index (χ3n) is 12.4. The van der Waals surface area contributed by atoms with Gasteiger partial charge in [-0.25, -0.2) is 0 Å². The molecule has 7 rings (SSSR count). The molecule has 196 valence electrons. The van der Waals surface area contributed by atoms with Crippen LogP contribution < -0.4 is 0 Å². The van der Waals surface area contributed by atoms with Crippen molar-refractivity contribution in [3.8, 4) is 0 Å². The lowest BCUT2D eigenvalue weighted by Crippen LogP contribution is -2.51. The maximum absolute atomic E-state index is 13.0. The van der Waals surface area contributed by atoms with Crippen LogP contribution in [0.3, 0.4) is 0 Å². The van der Waals surface area contributed by atoms with Gasteiger partial charge in [-0.05, 0) is 76.7 Å². The molecule has 3 saturated carbocycles. The van der Waals surface area contributed by atoms with E-state index in [1.807, 2.05) is 27.7 Å². The normalized spacial score (nSPS) is 58.8. The zero-order valence-electron chi connectivity index (χ0n) is 22.3. The Morgan fingerprint density at radius 2 is 1.50 bits per heavy atom. The molecular weight excluding hydrogens is 456 g/mol. The van der Waals surface area contributed by atoms with Gasteiger partial charge in [-0.3, -0.25) is 9.59 Å². The van der Waals surface area contributed by atoms with E-state index in [9.17, 15) is 19.8 Å². The van der Waals surface area contributed by atoms with E-state index >= 15 is 0 Å². The standard InChI is InChI=1S/C30H40O6/c1-12-11-18-20-21(30(12)24(18)29(6,34)10-8-17-14(3)27(32)36-25(17)30)15(4)19-22(20)28(5,33)9-7-16-13(2)26(31)35-23(16)19/h11,13-14,16-18,20-25,33-34H,7-10H2,1-6H3/t13-,14-,16-,17-,18-,20-,21-,22-,23-,24-,25-,28-,29-,30+/m0/s1. The molecule has 0 aromatic carbocycles. The Morgan fingerprint density at radius 3 is 2.22 bits per heavy atom. The molecule has 0 amide bonds. The fourth-order valence-electron chi connectivity index (χ4n) is 11.0. The summed E-state index contributed by atoms with van der Waals surface area (Å²) in [4.78, 5) is 25.7. The number of allylic oxidation sites excluding steroid dienone is 2. The first-order valence-corrected chi connectivity index (χ1v) is 14.1. The largest absolute Gasteiger partial charge is 0.461 e. The molecule has 2 aliphatic heterocycles. The molecule has 6 nitrogen and oxygen atoms in total. The van der Waals surface area contributed by atoms with Crippen LogP contribution >= 0.6 is 0 Å². The molecule has 2 bridgehead atoms. The summed E-state index contributed by atoms with van der Waals surface area (Å²) in [6.07, 6.45) is 4.59. The number of esters is 2. The van der Waals surface area contributed by atoms with Crippen molar-refractivity contribution >= 4 is 11.9 Å². The highest BCUT2D eigenvalue weighted by Gasteiger charge is 2.78. The maximum atomic E-state index is 13.0. The van der Waals surface area contributed by atoms with E-state index in [4.69, 9.17) is 9.47 Å². The van der Waals surface area contributed by atoms with Crippen molar-refractivity contribution in [2.75, 3.05) is 0 Å². The summed E-state index contributed by atoms with van der Waals surface area (Å²) < 4.78 is 12.4. The monoisotopic (exact) mass is 496 g/mol. The maximum Gasteiger partial charge on any atom is 0.309 e. The molecule has 36 heavy (non-hydrogen) atoms. The third-order valence-corrected chi connectivity index (χ3v) is 12.4. The smallest absolute Gasteiger partial charge is 0.309 e. The lowest BCUT2D eigenvalue weighted by atomic mass is 9.58.